The molecule has 0 atom stereocenters. The molecule has 2 aromatic carbocycles. The van der Waals surface area contributed by atoms with Gasteiger partial charge in [0.05, 0.1) is 12.8 Å². The number of para-hydroxylation sites is 1. The van der Waals surface area contributed by atoms with Crippen molar-refractivity contribution in [2.75, 3.05) is 30.7 Å². The van der Waals surface area contributed by atoms with Crippen LogP contribution in [-0.4, -0.2) is 40.2 Å². The third kappa shape index (κ3) is 8.02. The highest BCUT2D eigenvalue weighted by atomic mass is 35.5. The van der Waals surface area contributed by atoms with Crippen LogP contribution in [0.25, 0.3) is 0 Å². The maximum atomic E-state index is 12.0. The van der Waals surface area contributed by atoms with E-state index in [0.29, 0.717) is 24.4 Å². The summed E-state index contributed by atoms with van der Waals surface area (Å²) in [6.07, 6.45) is 1.08. The minimum absolute atomic E-state index is 0. The van der Waals surface area contributed by atoms with Gasteiger partial charge >= 0.3 is 0 Å². The molecule has 0 saturated heterocycles. The number of sulfonamides is 1. The van der Waals surface area contributed by atoms with E-state index in [4.69, 9.17) is 4.74 Å². The number of rotatable bonds is 9. The first-order valence-electron chi connectivity index (χ1n) is 7.44. The third-order valence-corrected chi connectivity index (χ3v) is 3.69. The van der Waals surface area contributed by atoms with Gasteiger partial charge in [-0.1, -0.05) is 18.2 Å². The molecule has 8 heteroatoms. The minimum Gasteiger partial charge on any atom is -0.492 e. The number of anilines is 1. The summed E-state index contributed by atoms with van der Waals surface area (Å²) in [4.78, 5) is 12.0. The number of carbonyl (C=O) groups is 1. The Labute approximate surface area is 154 Å². The molecule has 0 aliphatic carbocycles. The van der Waals surface area contributed by atoms with E-state index in [1.807, 2.05) is 30.3 Å². The van der Waals surface area contributed by atoms with E-state index in [2.05, 4.69) is 10.0 Å². The molecule has 0 aromatic heterocycles. The number of nitrogens with one attached hydrogen (secondary N) is 2. The fourth-order valence-electron chi connectivity index (χ4n) is 2.00. The van der Waals surface area contributed by atoms with Gasteiger partial charge in [-0.05, 0) is 36.4 Å². The average Bonchev–Trinajstić information content (AvgIpc) is 2.54. The van der Waals surface area contributed by atoms with Gasteiger partial charge < -0.3 is 10.1 Å². The Morgan fingerprint density at radius 2 is 1.68 bits per heavy atom. The van der Waals surface area contributed by atoms with Gasteiger partial charge in [-0.25, -0.2) is 8.42 Å². The molecule has 0 radical (unpaired) electrons. The van der Waals surface area contributed by atoms with Crippen molar-refractivity contribution < 1.29 is 17.9 Å². The van der Waals surface area contributed by atoms with Gasteiger partial charge in [0.25, 0.3) is 0 Å². The maximum absolute atomic E-state index is 12.0. The summed E-state index contributed by atoms with van der Waals surface area (Å²) in [5, 5.41) is 3.02. The Morgan fingerprint density at radius 1 is 1.04 bits per heavy atom. The first-order valence-corrected chi connectivity index (χ1v) is 9.33. The number of benzene rings is 2. The van der Waals surface area contributed by atoms with Gasteiger partial charge in [0, 0.05) is 17.8 Å². The SMILES string of the molecule is CS(=O)(=O)Nc1ccc(C(=O)CNCCOc2ccccc2)cc1.Cl. The molecule has 0 unspecified atom stereocenters. The number of ether oxygens (including phenoxy) is 1. The molecule has 2 rings (SSSR count). The van der Waals surface area contributed by atoms with Crippen molar-refractivity contribution in [3.8, 4) is 5.75 Å². The van der Waals surface area contributed by atoms with Crippen LogP contribution >= 0.6 is 12.4 Å². The van der Waals surface area contributed by atoms with E-state index < -0.39 is 10.0 Å². The number of Topliss-reactive ketones (excluding diaryl/α,β-unsaturated/α-hetero) is 1. The second-order valence-corrected chi connectivity index (χ2v) is 6.96. The number of carbonyl (C=O) groups excluding carboxylic acids is 1. The van der Waals surface area contributed by atoms with Crippen LogP contribution in [0.4, 0.5) is 5.69 Å². The zero-order valence-electron chi connectivity index (χ0n) is 13.8. The van der Waals surface area contributed by atoms with Crippen LogP contribution in [0.5, 0.6) is 5.75 Å². The average molecular weight is 385 g/mol. The second kappa shape index (κ2) is 10.0. The summed E-state index contributed by atoms with van der Waals surface area (Å²) in [7, 11) is -3.31. The topological polar surface area (TPSA) is 84.5 Å². The lowest BCUT2D eigenvalue weighted by atomic mass is 10.1. The van der Waals surface area contributed by atoms with Crippen molar-refractivity contribution in [3.05, 3.63) is 60.2 Å². The highest BCUT2D eigenvalue weighted by Crippen LogP contribution is 2.11. The molecular formula is C17H21ClN2O4S. The number of ketones is 1. The Kier molecular flexibility index (Phi) is 8.40. The van der Waals surface area contributed by atoms with Crippen LogP contribution in [0, 0.1) is 0 Å². The molecule has 6 nitrogen and oxygen atoms in total. The molecule has 2 N–H and O–H groups in total. The first-order chi connectivity index (χ1) is 11.4. The van der Waals surface area contributed by atoms with Crippen LogP contribution in [0.15, 0.2) is 54.6 Å². The van der Waals surface area contributed by atoms with Gasteiger partial charge in [0.1, 0.15) is 12.4 Å². The zero-order valence-corrected chi connectivity index (χ0v) is 15.4. The Balaban J connectivity index is 0.00000312. The van der Waals surface area contributed by atoms with Gasteiger partial charge in [-0.3, -0.25) is 9.52 Å². The summed E-state index contributed by atoms with van der Waals surface area (Å²) < 4.78 is 30.1. The van der Waals surface area contributed by atoms with Crippen LogP contribution in [0.2, 0.25) is 0 Å². The molecule has 2 aromatic rings. The van der Waals surface area contributed by atoms with Gasteiger partial charge in [0.2, 0.25) is 10.0 Å². The predicted molar refractivity (Wildman–Crippen MR) is 101 cm³/mol. The van der Waals surface area contributed by atoms with E-state index in [-0.39, 0.29) is 24.7 Å². The quantitative estimate of drug-likeness (QED) is 0.512. The third-order valence-electron chi connectivity index (χ3n) is 3.09. The van der Waals surface area contributed by atoms with E-state index in [1.54, 1.807) is 24.3 Å². The monoisotopic (exact) mass is 384 g/mol. The summed E-state index contributed by atoms with van der Waals surface area (Å²) in [5.41, 5.74) is 0.948. The molecule has 25 heavy (non-hydrogen) atoms. The lowest BCUT2D eigenvalue weighted by molar-refractivity contribution is 0.0990. The molecule has 0 heterocycles. The van der Waals surface area contributed by atoms with Crippen molar-refractivity contribution in [1.82, 2.24) is 5.32 Å². The lowest BCUT2D eigenvalue weighted by Crippen LogP contribution is -2.27. The fraction of sp³-hybridized carbons (Fsp3) is 0.235. The molecular weight excluding hydrogens is 364 g/mol. The highest BCUT2D eigenvalue weighted by molar-refractivity contribution is 7.92. The van der Waals surface area contributed by atoms with Crippen molar-refractivity contribution >= 4 is 33.9 Å². The smallest absolute Gasteiger partial charge is 0.229 e. The molecule has 0 aliphatic heterocycles. The molecule has 0 bridgehead atoms. The van der Waals surface area contributed by atoms with Crippen LogP contribution in [-0.2, 0) is 10.0 Å². The fourth-order valence-corrected chi connectivity index (χ4v) is 2.56. The number of hydrogen-bond donors (Lipinski definition) is 2. The van der Waals surface area contributed by atoms with Gasteiger partial charge in [0.15, 0.2) is 5.78 Å². The molecule has 0 amide bonds. The maximum Gasteiger partial charge on any atom is 0.229 e. The zero-order chi connectivity index (χ0) is 17.4. The van der Waals surface area contributed by atoms with E-state index in [0.717, 1.165) is 12.0 Å². The highest BCUT2D eigenvalue weighted by Gasteiger charge is 2.07. The summed E-state index contributed by atoms with van der Waals surface area (Å²) in [6, 6.07) is 15.8. The Morgan fingerprint density at radius 3 is 2.28 bits per heavy atom. The normalized spacial score (nSPS) is 10.6. The van der Waals surface area contributed by atoms with Crippen molar-refractivity contribution in [2.24, 2.45) is 0 Å². The van der Waals surface area contributed by atoms with Crippen LogP contribution in [0.3, 0.4) is 0 Å². The molecule has 136 valence electrons. The lowest BCUT2D eigenvalue weighted by Gasteiger charge is -2.08. The van der Waals surface area contributed by atoms with Crippen LogP contribution in [0.1, 0.15) is 10.4 Å². The summed E-state index contributed by atoms with van der Waals surface area (Å²) in [5.74, 6) is 0.722. The Hall–Kier alpha value is -2.09. The Bertz CT molecular complexity index is 765. The number of halogens is 1. The summed E-state index contributed by atoms with van der Waals surface area (Å²) in [6.45, 7) is 1.21. The first kappa shape index (κ1) is 21.0. The standard InChI is InChI=1S/C17H20N2O4S.ClH/c1-24(21,22)19-15-9-7-14(8-10-15)17(20)13-18-11-12-23-16-5-3-2-4-6-16;/h2-10,18-19H,11-13H2,1H3;1H. The number of hydrogen-bond acceptors (Lipinski definition) is 5. The van der Waals surface area contributed by atoms with Crippen molar-refractivity contribution in [3.63, 3.8) is 0 Å². The van der Waals surface area contributed by atoms with E-state index in [9.17, 15) is 13.2 Å². The second-order valence-electron chi connectivity index (χ2n) is 5.21. The van der Waals surface area contributed by atoms with Gasteiger partial charge in [-0.2, -0.15) is 0 Å². The van der Waals surface area contributed by atoms with E-state index >= 15 is 0 Å². The van der Waals surface area contributed by atoms with Crippen molar-refractivity contribution in [1.29, 1.82) is 0 Å². The van der Waals surface area contributed by atoms with Gasteiger partial charge in [-0.15, -0.1) is 12.4 Å². The molecule has 0 saturated carbocycles. The minimum atomic E-state index is -3.31. The molecule has 0 fully saturated rings. The molecule has 0 spiro atoms. The van der Waals surface area contributed by atoms with Crippen molar-refractivity contribution in [2.45, 2.75) is 0 Å². The largest absolute Gasteiger partial charge is 0.492 e. The van der Waals surface area contributed by atoms with Crippen LogP contribution < -0.4 is 14.8 Å². The predicted octanol–water partition coefficient (Wildman–Crippen LogP) is 2.33. The van der Waals surface area contributed by atoms with E-state index in [1.165, 1.54) is 0 Å². The molecule has 0 aliphatic rings. The summed E-state index contributed by atoms with van der Waals surface area (Å²) >= 11 is 0.